The standard InChI is InChI=1S/C22H24F3N5O5S/c1-13(22(23,24)25)35-17-4-3-14(36(2,33)34)11-15(17)21(32)30-9-7-29(8-10-30)19-18-16(27-12-28-19)5-6-26-20(18)31/h3-4,11-13H,5-10H2,1-2H3,(H,26,31)/t13-/m0/s1. The van der Waals surface area contributed by atoms with Crippen molar-refractivity contribution >= 4 is 27.5 Å². The molecule has 2 aliphatic heterocycles. The molecule has 1 aromatic carbocycles. The first kappa shape index (κ1) is 25.7. The van der Waals surface area contributed by atoms with E-state index in [9.17, 15) is 31.2 Å². The van der Waals surface area contributed by atoms with E-state index in [-0.39, 0.29) is 35.2 Å². The highest BCUT2D eigenvalue weighted by Crippen LogP contribution is 2.30. The van der Waals surface area contributed by atoms with Gasteiger partial charge in [-0.25, -0.2) is 18.4 Å². The third-order valence-corrected chi connectivity index (χ3v) is 7.13. The lowest BCUT2D eigenvalue weighted by atomic mass is 10.1. The predicted molar refractivity (Wildman–Crippen MR) is 122 cm³/mol. The molecule has 1 fully saturated rings. The van der Waals surface area contributed by atoms with Crippen molar-refractivity contribution in [3.8, 4) is 5.75 Å². The number of nitrogens with one attached hydrogen (secondary N) is 1. The highest BCUT2D eigenvalue weighted by Gasteiger charge is 2.39. The van der Waals surface area contributed by atoms with Gasteiger partial charge < -0.3 is 19.9 Å². The summed E-state index contributed by atoms with van der Waals surface area (Å²) in [4.78, 5) is 37.2. The molecule has 0 bridgehead atoms. The van der Waals surface area contributed by atoms with Crippen molar-refractivity contribution in [1.82, 2.24) is 20.2 Å². The second kappa shape index (κ2) is 9.56. The van der Waals surface area contributed by atoms with Crippen molar-refractivity contribution in [3.63, 3.8) is 0 Å². The Labute approximate surface area is 205 Å². The van der Waals surface area contributed by atoms with Crippen LogP contribution in [0.5, 0.6) is 5.75 Å². The fraction of sp³-hybridized carbons (Fsp3) is 0.455. The first-order valence-corrected chi connectivity index (χ1v) is 13.0. The molecule has 2 aliphatic rings. The number of aromatic nitrogens is 2. The Morgan fingerprint density at radius 3 is 2.50 bits per heavy atom. The molecule has 4 rings (SSSR count). The van der Waals surface area contributed by atoms with Crippen LogP contribution in [-0.2, 0) is 16.3 Å². The summed E-state index contributed by atoms with van der Waals surface area (Å²) in [5.74, 6) is -0.844. The molecule has 2 amide bonds. The average Bonchev–Trinajstić information content (AvgIpc) is 2.82. The smallest absolute Gasteiger partial charge is 0.425 e. The summed E-state index contributed by atoms with van der Waals surface area (Å²) in [6, 6.07) is 3.20. The summed E-state index contributed by atoms with van der Waals surface area (Å²) in [5.41, 5.74) is 0.753. The van der Waals surface area contributed by atoms with Crippen LogP contribution in [0, 0.1) is 0 Å². The van der Waals surface area contributed by atoms with Gasteiger partial charge in [-0.2, -0.15) is 13.2 Å². The zero-order chi connectivity index (χ0) is 26.3. The maximum absolute atomic E-state index is 13.3. The number of alkyl halides is 3. The molecule has 194 valence electrons. The van der Waals surface area contributed by atoms with Crippen LogP contribution >= 0.6 is 0 Å². The predicted octanol–water partition coefficient (Wildman–Crippen LogP) is 1.46. The number of carbonyl (C=O) groups excluding carboxylic acids is 2. The maximum Gasteiger partial charge on any atom is 0.425 e. The number of ether oxygens (including phenoxy) is 1. The van der Waals surface area contributed by atoms with Crippen LogP contribution in [0.4, 0.5) is 19.0 Å². The van der Waals surface area contributed by atoms with Crippen LogP contribution < -0.4 is 15.0 Å². The van der Waals surface area contributed by atoms with Gasteiger partial charge in [0.1, 0.15) is 23.5 Å². The van der Waals surface area contributed by atoms with Gasteiger partial charge in [-0.1, -0.05) is 0 Å². The Bertz CT molecular complexity index is 1290. The molecule has 1 N–H and O–H groups in total. The molecule has 0 spiro atoms. The topological polar surface area (TPSA) is 122 Å². The van der Waals surface area contributed by atoms with Crippen molar-refractivity contribution in [2.24, 2.45) is 0 Å². The fourth-order valence-electron chi connectivity index (χ4n) is 4.01. The van der Waals surface area contributed by atoms with Gasteiger partial charge in [-0.05, 0) is 25.1 Å². The van der Waals surface area contributed by atoms with E-state index in [0.29, 0.717) is 43.1 Å². The van der Waals surface area contributed by atoms with Crippen LogP contribution in [0.3, 0.4) is 0 Å². The fourth-order valence-corrected chi connectivity index (χ4v) is 4.66. The minimum absolute atomic E-state index is 0.163. The third kappa shape index (κ3) is 5.22. The second-order valence-corrected chi connectivity index (χ2v) is 10.6. The molecule has 2 aromatic rings. The number of fused-ring (bicyclic) bond motifs is 1. The maximum atomic E-state index is 13.3. The summed E-state index contributed by atoms with van der Waals surface area (Å²) < 4.78 is 68.3. The quantitative estimate of drug-likeness (QED) is 0.621. The zero-order valence-electron chi connectivity index (χ0n) is 19.5. The zero-order valence-corrected chi connectivity index (χ0v) is 20.3. The molecule has 0 radical (unpaired) electrons. The van der Waals surface area contributed by atoms with Gasteiger partial charge in [-0.15, -0.1) is 0 Å². The molecule has 1 atom stereocenters. The second-order valence-electron chi connectivity index (χ2n) is 8.54. The van der Waals surface area contributed by atoms with Crippen molar-refractivity contribution < 1.29 is 35.9 Å². The highest BCUT2D eigenvalue weighted by molar-refractivity contribution is 7.90. The minimum atomic E-state index is -4.68. The number of hydrogen-bond donors (Lipinski definition) is 1. The number of hydrogen-bond acceptors (Lipinski definition) is 8. The number of sulfone groups is 1. The van der Waals surface area contributed by atoms with Crippen LogP contribution in [0.2, 0.25) is 0 Å². The van der Waals surface area contributed by atoms with Gasteiger partial charge in [0.2, 0.25) is 0 Å². The molecule has 0 aliphatic carbocycles. The van der Waals surface area contributed by atoms with Gasteiger partial charge in [-0.3, -0.25) is 9.59 Å². The molecule has 10 nitrogen and oxygen atoms in total. The van der Waals surface area contributed by atoms with Gasteiger partial charge >= 0.3 is 6.18 Å². The summed E-state index contributed by atoms with van der Waals surface area (Å²) in [6.07, 6.45) is -3.99. The molecular formula is C22H24F3N5O5S. The number of anilines is 1. The van der Waals surface area contributed by atoms with Gasteiger partial charge in [0.05, 0.1) is 16.2 Å². The normalized spacial score (nSPS) is 17.3. The molecule has 0 saturated carbocycles. The molecule has 1 saturated heterocycles. The van der Waals surface area contributed by atoms with Crippen molar-refractivity contribution in [2.45, 2.75) is 30.5 Å². The molecule has 36 heavy (non-hydrogen) atoms. The van der Waals surface area contributed by atoms with Gasteiger partial charge in [0, 0.05) is 45.4 Å². The van der Waals surface area contributed by atoms with Crippen LogP contribution in [-0.4, -0.2) is 86.4 Å². The van der Waals surface area contributed by atoms with Crippen LogP contribution in [0.15, 0.2) is 29.4 Å². The molecule has 1 aromatic heterocycles. The molecular weight excluding hydrogens is 503 g/mol. The van der Waals surface area contributed by atoms with Gasteiger partial charge in [0.15, 0.2) is 15.9 Å². The summed E-state index contributed by atoms with van der Waals surface area (Å²) in [7, 11) is -3.73. The summed E-state index contributed by atoms with van der Waals surface area (Å²) in [5, 5.41) is 2.76. The van der Waals surface area contributed by atoms with Crippen molar-refractivity contribution in [1.29, 1.82) is 0 Å². The Balaban J connectivity index is 1.57. The number of carbonyl (C=O) groups is 2. The highest BCUT2D eigenvalue weighted by atomic mass is 32.2. The van der Waals surface area contributed by atoms with Crippen LogP contribution in [0.25, 0.3) is 0 Å². The monoisotopic (exact) mass is 527 g/mol. The van der Waals surface area contributed by atoms with E-state index in [2.05, 4.69) is 15.3 Å². The molecule has 14 heteroatoms. The Morgan fingerprint density at radius 2 is 1.86 bits per heavy atom. The number of amides is 2. The summed E-state index contributed by atoms with van der Waals surface area (Å²) >= 11 is 0. The molecule has 0 unspecified atom stereocenters. The SMILES string of the molecule is C[C@H](Oc1ccc(S(C)(=O)=O)cc1C(=O)N1CCN(c2ncnc3c2C(=O)NCC3)CC1)C(F)(F)F. The van der Waals surface area contributed by atoms with E-state index in [4.69, 9.17) is 4.74 Å². The first-order valence-electron chi connectivity index (χ1n) is 11.1. The van der Waals surface area contributed by atoms with Crippen molar-refractivity contribution in [3.05, 3.63) is 41.3 Å². The average molecular weight is 528 g/mol. The van der Waals surface area contributed by atoms with E-state index in [1.54, 1.807) is 0 Å². The van der Waals surface area contributed by atoms with E-state index in [1.165, 1.54) is 11.2 Å². The minimum Gasteiger partial charge on any atom is -0.480 e. The number of nitrogens with zero attached hydrogens (tertiary/aromatic N) is 4. The Kier molecular flexibility index (Phi) is 6.82. The number of halogens is 3. The Morgan fingerprint density at radius 1 is 1.17 bits per heavy atom. The first-order chi connectivity index (χ1) is 16.9. The van der Waals surface area contributed by atoms with Gasteiger partial charge in [0.25, 0.3) is 11.8 Å². The van der Waals surface area contributed by atoms with Crippen molar-refractivity contribution in [2.75, 3.05) is 43.9 Å². The lowest BCUT2D eigenvalue weighted by Gasteiger charge is -2.36. The number of piperazine rings is 1. The van der Waals surface area contributed by atoms with Crippen LogP contribution in [0.1, 0.15) is 33.3 Å². The van der Waals surface area contributed by atoms with E-state index in [0.717, 1.165) is 31.4 Å². The third-order valence-electron chi connectivity index (χ3n) is 6.02. The van der Waals surface area contributed by atoms with E-state index < -0.39 is 28.0 Å². The summed E-state index contributed by atoms with van der Waals surface area (Å²) in [6.45, 7) is 2.20. The Hall–Kier alpha value is -3.42. The van der Waals surface area contributed by atoms with E-state index in [1.807, 2.05) is 4.90 Å². The molecule has 3 heterocycles. The lowest BCUT2D eigenvalue weighted by molar-refractivity contribution is -0.189. The lowest BCUT2D eigenvalue weighted by Crippen LogP contribution is -2.50. The number of benzene rings is 1. The largest absolute Gasteiger partial charge is 0.480 e. The van der Waals surface area contributed by atoms with E-state index >= 15 is 0 Å². The number of rotatable bonds is 5.